The maximum atomic E-state index is 12.5. The zero-order valence-corrected chi connectivity index (χ0v) is 13.9. The Hall–Kier alpha value is -2.37. The summed E-state index contributed by atoms with van der Waals surface area (Å²) in [6.07, 6.45) is -1.19. The van der Waals surface area contributed by atoms with Crippen LogP contribution in [0.1, 0.15) is 38.7 Å². The number of amides is 2. The zero-order chi connectivity index (χ0) is 17.4. The van der Waals surface area contributed by atoms with Crippen LogP contribution in [0.5, 0.6) is 0 Å². The quantitative estimate of drug-likeness (QED) is 0.815. The van der Waals surface area contributed by atoms with Gasteiger partial charge in [-0.1, -0.05) is 50.6 Å². The van der Waals surface area contributed by atoms with Gasteiger partial charge in [0.2, 0.25) is 0 Å². The summed E-state index contributed by atoms with van der Waals surface area (Å²) >= 11 is 0. The molecule has 0 fully saturated rings. The molecule has 0 aliphatic rings. The molecule has 6 heteroatoms. The molecule has 0 bridgehead atoms. The number of methoxy groups -OCH3 is 1. The number of imide groups is 1. The van der Waals surface area contributed by atoms with Crippen LogP contribution in [0.25, 0.3) is 0 Å². The highest BCUT2D eigenvalue weighted by Gasteiger charge is 2.30. The van der Waals surface area contributed by atoms with Crippen LogP contribution in [0.15, 0.2) is 30.3 Å². The van der Waals surface area contributed by atoms with Gasteiger partial charge in [-0.2, -0.15) is 0 Å². The number of carbonyl (C=O) groups is 3. The molecule has 6 nitrogen and oxygen atoms in total. The summed E-state index contributed by atoms with van der Waals surface area (Å²) in [5.41, 5.74) is 0.840. The van der Waals surface area contributed by atoms with Gasteiger partial charge in [-0.05, 0) is 18.4 Å². The topological polar surface area (TPSA) is 81.7 Å². The molecule has 126 valence electrons. The van der Waals surface area contributed by atoms with Crippen LogP contribution < -0.4 is 5.32 Å². The van der Waals surface area contributed by atoms with Gasteiger partial charge in [0, 0.05) is 0 Å². The van der Waals surface area contributed by atoms with Crippen LogP contribution in [0.3, 0.4) is 0 Å². The van der Waals surface area contributed by atoms with Crippen molar-refractivity contribution in [1.82, 2.24) is 5.32 Å². The van der Waals surface area contributed by atoms with Crippen molar-refractivity contribution in [1.29, 1.82) is 0 Å². The van der Waals surface area contributed by atoms with Crippen molar-refractivity contribution in [2.75, 3.05) is 7.11 Å². The van der Waals surface area contributed by atoms with Crippen molar-refractivity contribution in [3.05, 3.63) is 35.9 Å². The molecule has 0 radical (unpaired) electrons. The van der Waals surface area contributed by atoms with Crippen molar-refractivity contribution in [3.63, 3.8) is 0 Å². The number of hydrogen-bond acceptors (Lipinski definition) is 5. The lowest BCUT2D eigenvalue weighted by atomic mass is 9.85. The van der Waals surface area contributed by atoms with Crippen molar-refractivity contribution in [2.45, 2.75) is 39.2 Å². The molecule has 0 spiro atoms. The predicted molar refractivity (Wildman–Crippen MR) is 84.7 cm³/mol. The van der Waals surface area contributed by atoms with E-state index in [-0.39, 0.29) is 5.92 Å². The van der Waals surface area contributed by atoms with Gasteiger partial charge >= 0.3 is 12.1 Å². The highest BCUT2D eigenvalue weighted by molar-refractivity contribution is 5.95. The van der Waals surface area contributed by atoms with Crippen LogP contribution in [0.4, 0.5) is 4.79 Å². The van der Waals surface area contributed by atoms with Crippen LogP contribution in [-0.2, 0) is 19.1 Å². The highest BCUT2D eigenvalue weighted by Crippen LogP contribution is 2.28. The summed E-state index contributed by atoms with van der Waals surface area (Å²) in [6.45, 7) is 5.36. The minimum Gasteiger partial charge on any atom is -0.453 e. The van der Waals surface area contributed by atoms with Gasteiger partial charge in [-0.3, -0.25) is 14.9 Å². The first kappa shape index (κ1) is 18.7. The third-order valence-electron chi connectivity index (χ3n) is 3.70. The van der Waals surface area contributed by atoms with Crippen LogP contribution in [0, 0.1) is 5.92 Å². The molecule has 1 N–H and O–H groups in total. The third-order valence-corrected chi connectivity index (χ3v) is 3.70. The van der Waals surface area contributed by atoms with E-state index < -0.39 is 30.0 Å². The molecule has 0 saturated carbocycles. The maximum absolute atomic E-state index is 12.5. The van der Waals surface area contributed by atoms with Crippen molar-refractivity contribution in [2.24, 2.45) is 5.92 Å². The fourth-order valence-corrected chi connectivity index (χ4v) is 2.15. The van der Waals surface area contributed by atoms with Crippen LogP contribution in [0.2, 0.25) is 0 Å². The molecular weight excluding hydrogens is 298 g/mol. The fraction of sp³-hybridized carbons (Fsp3) is 0.471. The molecule has 0 aliphatic heterocycles. The van der Waals surface area contributed by atoms with E-state index in [0.29, 0.717) is 0 Å². The average molecular weight is 321 g/mol. The van der Waals surface area contributed by atoms with E-state index in [1.165, 1.54) is 6.92 Å². The molecule has 1 aromatic rings. The minimum absolute atomic E-state index is 0.0563. The number of rotatable bonds is 6. The highest BCUT2D eigenvalue weighted by atomic mass is 16.6. The second kappa shape index (κ2) is 8.92. The monoisotopic (exact) mass is 321 g/mol. The Balaban J connectivity index is 2.82. The fourth-order valence-electron chi connectivity index (χ4n) is 2.15. The molecule has 23 heavy (non-hydrogen) atoms. The Labute approximate surface area is 136 Å². The summed E-state index contributed by atoms with van der Waals surface area (Å²) in [5, 5.41) is 1.98. The van der Waals surface area contributed by atoms with E-state index in [4.69, 9.17) is 4.74 Å². The Morgan fingerprint density at radius 1 is 1.13 bits per heavy atom. The zero-order valence-electron chi connectivity index (χ0n) is 13.9. The average Bonchev–Trinajstić information content (AvgIpc) is 2.55. The lowest BCUT2D eigenvalue weighted by molar-refractivity contribution is -0.157. The summed E-state index contributed by atoms with van der Waals surface area (Å²) in [7, 11) is 1.15. The maximum Gasteiger partial charge on any atom is 0.413 e. The Bertz CT molecular complexity index is 543. The molecule has 0 heterocycles. The van der Waals surface area contributed by atoms with E-state index in [9.17, 15) is 14.4 Å². The number of nitrogens with one attached hydrogen (secondary N) is 1. The lowest BCUT2D eigenvalue weighted by Crippen LogP contribution is -2.40. The second-order valence-electron chi connectivity index (χ2n) is 5.33. The van der Waals surface area contributed by atoms with Gasteiger partial charge < -0.3 is 9.47 Å². The third kappa shape index (κ3) is 5.39. The van der Waals surface area contributed by atoms with E-state index in [2.05, 4.69) is 4.74 Å². The minimum atomic E-state index is -1.09. The Morgan fingerprint density at radius 3 is 2.26 bits per heavy atom. The van der Waals surface area contributed by atoms with Crippen LogP contribution >= 0.6 is 0 Å². The van der Waals surface area contributed by atoms with Crippen molar-refractivity contribution >= 4 is 18.0 Å². The number of carbonyl (C=O) groups excluding carboxylic acids is 3. The van der Waals surface area contributed by atoms with Gasteiger partial charge in [0.05, 0.1) is 13.0 Å². The first-order valence-electron chi connectivity index (χ1n) is 7.54. The molecule has 1 aromatic carbocycles. The molecule has 2 amide bonds. The van der Waals surface area contributed by atoms with E-state index >= 15 is 0 Å². The van der Waals surface area contributed by atoms with Gasteiger partial charge in [0.25, 0.3) is 5.91 Å². The lowest BCUT2D eigenvalue weighted by Gasteiger charge is -2.23. The SMILES string of the molecule is CC[C@H](C)[C@H](C(=O)O[C@@H](C)C(=O)NC(=O)OC)c1ccccc1. The summed E-state index contributed by atoms with van der Waals surface area (Å²) < 4.78 is 9.58. The molecule has 0 saturated heterocycles. The number of hydrogen-bond donors (Lipinski definition) is 1. The van der Waals surface area contributed by atoms with Gasteiger partial charge in [-0.25, -0.2) is 4.79 Å². The number of benzene rings is 1. The Kier molecular flexibility index (Phi) is 7.25. The number of esters is 1. The first-order chi connectivity index (χ1) is 10.9. The smallest absolute Gasteiger partial charge is 0.413 e. The molecule has 1 rings (SSSR count). The molecule has 0 aliphatic carbocycles. The normalized spacial score (nSPS) is 14.3. The predicted octanol–water partition coefficient (Wildman–Crippen LogP) is 2.63. The summed E-state index contributed by atoms with van der Waals surface area (Å²) in [6, 6.07) is 9.29. The second-order valence-corrected chi connectivity index (χ2v) is 5.33. The number of alkyl carbamates (subject to hydrolysis) is 1. The standard InChI is InChI=1S/C17H23NO5/c1-5-11(2)14(13-9-7-6-8-10-13)16(20)23-12(3)15(19)18-17(21)22-4/h6-12,14H,5H2,1-4H3,(H,18,19,21)/t11-,12-,14-/m0/s1. The van der Waals surface area contributed by atoms with Crippen LogP contribution in [-0.4, -0.2) is 31.2 Å². The largest absolute Gasteiger partial charge is 0.453 e. The Morgan fingerprint density at radius 2 is 1.74 bits per heavy atom. The van der Waals surface area contributed by atoms with Crippen molar-refractivity contribution < 1.29 is 23.9 Å². The van der Waals surface area contributed by atoms with Crippen molar-refractivity contribution in [3.8, 4) is 0 Å². The van der Waals surface area contributed by atoms with E-state index in [1.54, 1.807) is 0 Å². The van der Waals surface area contributed by atoms with Gasteiger partial charge in [0.1, 0.15) is 0 Å². The van der Waals surface area contributed by atoms with Gasteiger partial charge in [0.15, 0.2) is 6.10 Å². The van der Waals surface area contributed by atoms with Gasteiger partial charge in [-0.15, -0.1) is 0 Å². The molecular formula is C17H23NO5. The summed E-state index contributed by atoms with van der Waals surface area (Å²) in [4.78, 5) is 35.3. The molecule has 0 aromatic heterocycles. The molecule has 0 unspecified atom stereocenters. The first-order valence-corrected chi connectivity index (χ1v) is 7.54. The van der Waals surface area contributed by atoms with E-state index in [0.717, 1.165) is 19.1 Å². The summed E-state index contributed by atoms with van der Waals surface area (Å²) in [5.74, 6) is -1.62. The van der Waals surface area contributed by atoms with E-state index in [1.807, 2.05) is 49.5 Å². The molecule has 3 atom stereocenters. The number of ether oxygens (including phenoxy) is 2.